The van der Waals surface area contributed by atoms with Crippen LogP contribution in [-0.4, -0.2) is 0 Å². The van der Waals surface area contributed by atoms with E-state index in [1.807, 2.05) is 0 Å². The monoisotopic (exact) mass is 392 g/mol. The molecule has 31 heavy (non-hydrogen) atoms. The Morgan fingerprint density at radius 1 is 0.452 bits per heavy atom. The summed E-state index contributed by atoms with van der Waals surface area (Å²) in [5, 5.41) is 5.43. The van der Waals surface area contributed by atoms with E-state index in [1.54, 1.807) is 0 Å². The predicted octanol–water partition coefficient (Wildman–Crippen LogP) is 8.23. The lowest BCUT2D eigenvalue weighted by molar-refractivity contribution is 1.42. The van der Waals surface area contributed by atoms with Gasteiger partial charge >= 0.3 is 0 Å². The van der Waals surface area contributed by atoms with E-state index in [1.165, 1.54) is 66.1 Å². The highest BCUT2D eigenvalue weighted by Gasteiger charge is 2.35. The molecule has 0 bridgehead atoms. The minimum Gasteiger partial charge on any atom is -0.0622 e. The largest absolute Gasteiger partial charge is 0.0622 e. The van der Waals surface area contributed by atoms with Gasteiger partial charge < -0.3 is 0 Å². The van der Waals surface area contributed by atoms with E-state index in [0.29, 0.717) is 0 Å². The third-order valence-corrected chi connectivity index (χ3v) is 6.87. The molecule has 7 rings (SSSR count). The Labute approximate surface area is 181 Å². The lowest BCUT2D eigenvalue weighted by Crippen LogP contribution is -1.89. The number of benzene rings is 5. The first-order valence-electron chi connectivity index (χ1n) is 10.9. The lowest BCUT2D eigenvalue weighted by atomic mass is 9.92. The molecule has 144 valence electrons. The number of fused-ring (bicyclic) bond motifs is 5. The van der Waals surface area contributed by atoms with Crippen molar-refractivity contribution in [2.45, 2.75) is 6.42 Å². The van der Waals surface area contributed by atoms with Crippen LogP contribution in [0.25, 0.3) is 43.8 Å². The molecule has 0 nitrogen and oxygen atoms in total. The molecule has 0 unspecified atom stereocenters. The highest BCUT2D eigenvalue weighted by atomic mass is 14.4. The second-order valence-corrected chi connectivity index (χ2v) is 8.49. The molecule has 0 aliphatic heterocycles. The van der Waals surface area contributed by atoms with Crippen LogP contribution in [0.2, 0.25) is 0 Å². The van der Waals surface area contributed by atoms with Gasteiger partial charge in [0.2, 0.25) is 0 Å². The molecular formula is C31H20. The van der Waals surface area contributed by atoms with Crippen LogP contribution in [0.4, 0.5) is 0 Å². The van der Waals surface area contributed by atoms with Crippen LogP contribution in [0.5, 0.6) is 0 Å². The minimum atomic E-state index is 0.974. The summed E-state index contributed by atoms with van der Waals surface area (Å²) >= 11 is 0. The van der Waals surface area contributed by atoms with E-state index in [9.17, 15) is 0 Å². The SMILES string of the molecule is c1ccc(C2=C3C(=C(c4ccccc4)C2)c2cc4ccccc4c4cccc3c24)cc1. The van der Waals surface area contributed by atoms with Gasteiger partial charge in [-0.25, -0.2) is 0 Å². The molecule has 2 aliphatic rings. The van der Waals surface area contributed by atoms with Crippen molar-refractivity contribution in [3.8, 4) is 0 Å². The summed E-state index contributed by atoms with van der Waals surface area (Å²) in [6.45, 7) is 0. The second kappa shape index (κ2) is 6.30. The smallest absolute Gasteiger partial charge is 0.000110 e. The highest BCUT2D eigenvalue weighted by molar-refractivity contribution is 6.37. The zero-order chi connectivity index (χ0) is 20.4. The predicted molar refractivity (Wildman–Crippen MR) is 133 cm³/mol. The van der Waals surface area contributed by atoms with Gasteiger partial charge in [-0.15, -0.1) is 0 Å². The third-order valence-electron chi connectivity index (χ3n) is 6.87. The minimum absolute atomic E-state index is 0.974. The molecule has 0 fully saturated rings. The normalized spacial score (nSPS) is 14.7. The van der Waals surface area contributed by atoms with Gasteiger partial charge in [-0.3, -0.25) is 0 Å². The summed E-state index contributed by atoms with van der Waals surface area (Å²) in [6, 6.07) is 39.9. The van der Waals surface area contributed by atoms with Crippen molar-refractivity contribution in [2.75, 3.05) is 0 Å². The van der Waals surface area contributed by atoms with Gasteiger partial charge in [0, 0.05) is 0 Å². The molecule has 0 radical (unpaired) electrons. The lowest BCUT2D eigenvalue weighted by Gasteiger charge is -2.11. The Balaban J connectivity index is 1.64. The summed E-state index contributed by atoms with van der Waals surface area (Å²) in [6.07, 6.45) is 0.974. The molecule has 0 aromatic heterocycles. The van der Waals surface area contributed by atoms with E-state index < -0.39 is 0 Å². The van der Waals surface area contributed by atoms with Crippen LogP contribution in [-0.2, 0) is 0 Å². The van der Waals surface area contributed by atoms with Gasteiger partial charge in [-0.1, -0.05) is 103 Å². The first kappa shape index (κ1) is 16.8. The highest BCUT2D eigenvalue weighted by Crippen LogP contribution is 2.58. The Morgan fingerprint density at radius 3 is 1.74 bits per heavy atom. The fraction of sp³-hybridized carbons (Fsp3) is 0.0323. The number of hydrogen-bond acceptors (Lipinski definition) is 0. The summed E-state index contributed by atoms with van der Waals surface area (Å²) in [5.74, 6) is 0. The quantitative estimate of drug-likeness (QED) is 0.265. The topological polar surface area (TPSA) is 0 Å². The van der Waals surface area contributed by atoms with Crippen molar-refractivity contribution in [3.63, 3.8) is 0 Å². The van der Waals surface area contributed by atoms with Crippen LogP contribution in [0.15, 0.2) is 109 Å². The van der Waals surface area contributed by atoms with Crippen LogP contribution >= 0.6 is 0 Å². The first-order valence-corrected chi connectivity index (χ1v) is 10.9. The average Bonchev–Trinajstić information content (AvgIpc) is 3.38. The van der Waals surface area contributed by atoms with Crippen LogP contribution in [0, 0.1) is 0 Å². The molecule has 0 heteroatoms. The molecule has 0 spiro atoms. The summed E-state index contributed by atoms with van der Waals surface area (Å²) < 4.78 is 0. The van der Waals surface area contributed by atoms with Gasteiger partial charge in [0.25, 0.3) is 0 Å². The van der Waals surface area contributed by atoms with E-state index >= 15 is 0 Å². The molecule has 2 aliphatic carbocycles. The Morgan fingerprint density at radius 2 is 1.03 bits per heavy atom. The van der Waals surface area contributed by atoms with Crippen molar-refractivity contribution in [2.24, 2.45) is 0 Å². The zero-order valence-corrected chi connectivity index (χ0v) is 17.1. The molecular weight excluding hydrogens is 372 g/mol. The van der Waals surface area contributed by atoms with Gasteiger partial charge in [0.05, 0.1) is 0 Å². The Kier molecular flexibility index (Phi) is 3.42. The first-order chi connectivity index (χ1) is 15.4. The molecule has 0 N–H and O–H groups in total. The van der Waals surface area contributed by atoms with Crippen molar-refractivity contribution >= 4 is 43.8 Å². The molecule has 0 amide bonds. The maximum Gasteiger partial charge on any atom is -0.000110 e. The molecule has 0 atom stereocenters. The van der Waals surface area contributed by atoms with Crippen molar-refractivity contribution < 1.29 is 0 Å². The molecule has 0 saturated heterocycles. The number of allylic oxidation sites excluding steroid dienone is 4. The maximum absolute atomic E-state index is 2.42. The summed E-state index contributed by atoms with van der Waals surface area (Å²) in [5.41, 5.74) is 11.2. The maximum atomic E-state index is 2.42. The van der Waals surface area contributed by atoms with Gasteiger partial charge in [-0.2, -0.15) is 0 Å². The van der Waals surface area contributed by atoms with E-state index in [2.05, 4.69) is 109 Å². The second-order valence-electron chi connectivity index (χ2n) is 8.49. The Hall–Kier alpha value is -3.90. The standard InChI is InChI=1S/C31H20/c1-3-10-20(11-4-1)26-19-27(21-12-5-2-6-13-21)31-28-18-22-14-7-8-15-23(22)24-16-9-17-25(29(24)28)30(26)31/h1-18H,19H2. The molecule has 5 aromatic carbocycles. The average molecular weight is 393 g/mol. The van der Waals surface area contributed by atoms with Crippen LogP contribution in [0.1, 0.15) is 28.7 Å². The fourth-order valence-corrected chi connectivity index (χ4v) is 5.59. The molecule has 0 saturated carbocycles. The van der Waals surface area contributed by atoms with Crippen molar-refractivity contribution in [3.05, 3.63) is 131 Å². The number of rotatable bonds is 2. The summed E-state index contributed by atoms with van der Waals surface area (Å²) in [4.78, 5) is 0. The molecule has 0 heterocycles. The Bertz CT molecular complexity index is 1560. The van der Waals surface area contributed by atoms with Gasteiger partial charge in [0.1, 0.15) is 0 Å². The van der Waals surface area contributed by atoms with E-state index in [4.69, 9.17) is 0 Å². The van der Waals surface area contributed by atoms with Gasteiger partial charge in [0.15, 0.2) is 0 Å². The van der Waals surface area contributed by atoms with Crippen LogP contribution in [0.3, 0.4) is 0 Å². The van der Waals surface area contributed by atoms with Crippen molar-refractivity contribution in [1.82, 2.24) is 0 Å². The fourth-order valence-electron chi connectivity index (χ4n) is 5.59. The summed E-state index contributed by atoms with van der Waals surface area (Å²) in [7, 11) is 0. The van der Waals surface area contributed by atoms with Crippen molar-refractivity contribution in [1.29, 1.82) is 0 Å². The zero-order valence-electron chi connectivity index (χ0n) is 17.1. The van der Waals surface area contributed by atoms with E-state index in [-0.39, 0.29) is 0 Å². The van der Waals surface area contributed by atoms with Crippen LogP contribution < -0.4 is 0 Å². The van der Waals surface area contributed by atoms with E-state index in [0.717, 1.165) is 6.42 Å². The number of hydrogen-bond donors (Lipinski definition) is 0. The third kappa shape index (κ3) is 2.30. The van der Waals surface area contributed by atoms with Gasteiger partial charge in [-0.05, 0) is 78.6 Å². The molecule has 5 aromatic rings.